The fraction of sp³-hybridized carbons (Fsp3) is 0.917. The highest BCUT2D eigenvalue weighted by Gasteiger charge is 2.23. The minimum Gasteiger partial charge on any atom is -0.389 e. The molecule has 1 aliphatic heterocycles. The number of nitrogens with two attached hydrogens (primary N) is 1. The molecule has 0 atom stereocenters. The largest absolute Gasteiger partial charge is 0.389 e. The van der Waals surface area contributed by atoms with E-state index in [1.807, 2.05) is 0 Å². The molecule has 17 heavy (non-hydrogen) atoms. The Hall–Kier alpha value is -0.650. The van der Waals surface area contributed by atoms with E-state index in [4.69, 9.17) is 5.73 Å². The van der Waals surface area contributed by atoms with Gasteiger partial charge in [-0.25, -0.2) is 0 Å². The fourth-order valence-electron chi connectivity index (χ4n) is 2.09. The number of aliphatic hydroxyl groups is 1. The molecular formula is C12H25N3O2. The Morgan fingerprint density at radius 2 is 2.00 bits per heavy atom. The van der Waals surface area contributed by atoms with Crippen molar-refractivity contribution in [3.63, 3.8) is 0 Å². The van der Waals surface area contributed by atoms with Gasteiger partial charge in [0.1, 0.15) is 0 Å². The molecule has 0 spiro atoms. The van der Waals surface area contributed by atoms with Crippen molar-refractivity contribution in [1.82, 2.24) is 9.80 Å². The van der Waals surface area contributed by atoms with Crippen LogP contribution in [0, 0.1) is 0 Å². The van der Waals surface area contributed by atoms with Crippen LogP contribution in [0.2, 0.25) is 0 Å². The van der Waals surface area contributed by atoms with E-state index in [9.17, 15) is 9.90 Å². The van der Waals surface area contributed by atoms with Gasteiger partial charge < -0.3 is 15.7 Å². The van der Waals surface area contributed by atoms with Crippen molar-refractivity contribution in [2.45, 2.75) is 38.3 Å². The van der Waals surface area contributed by atoms with Gasteiger partial charge in [0, 0.05) is 32.7 Å². The monoisotopic (exact) mass is 243 g/mol. The van der Waals surface area contributed by atoms with Crippen molar-refractivity contribution >= 4 is 5.91 Å². The summed E-state index contributed by atoms with van der Waals surface area (Å²) in [5.74, 6) is 0.0580. The molecule has 1 saturated heterocycles. The van der Waals surface area contributed by atoms with Gasteiger partial charge in [-0.05, 0) is 26.7 Å². The zero-order valence-corrected chi connectivity index (χ0v) is 11.1. The number of carbonyl (C=O) groups excluding carboxylic acids is 1. The standard InChI is InChI=1S/C12H25N3O2/c1-12(2,17)9-14(3)11(16)8-15-6-4-10(13)5-7-15/h10,17H,4-9,13H2,1-3H3. The molecular weight excluding hydrogens is 218 g/mol. The fourth-order valence-corrected chi connectivity index (χ4v) is 2.09. The molecule has 1 fully saturated rings. The van der Waals surface area contributed by atoms with Crippen molar-refractivity contribution in [2.75, 3.05) is 33.2 Å². The van der Waals surface area contributed by atoms with Crippen LogP contribution in [0.5, 0.6) is 0 Å². The second-order valence-electron chi connectivity index (χ2n) is 5.68. The van der Waals surface area contributed by atoms with Gasteiger partial charge in [-0.15, -0.1) is 0 Å². The molecule has 0 aromatic heterocycles. The predicted molar refractivity (Wildman–Crippen MR) is 67.6 cm³/mol. The minimum absolute atomic E-state index is 0.0580. The summed E-state index contributed by atoms with van der Waals surface area (Å²) in [5, 5.41) is 9.65. The summed E-state index contributed by atoms with van der Waals surface area (Å²) in [5.41, 5.74) is 4.98. The zero-order valence-electron chi connectivity index (χ0n) is 11.1. The molecule has 0 aliphatic carbocycles. The van der Waals surface area contributed by atoms with Crippen molar-refractivity contribution < 1.29 is 9.90 Å². The SMILES string of the molecule is CN(CC(C)(C)O)C(=O)CN1CCC(N)CC1. The Balaban J connectivity index is 2.33. The molecule has 0 saturated carbocycles. The Morgan fingerprint density at radius 1 is 1.47 bits per heavy atom. The van der Waals surface area contributed by atoms with Gasteiger partial charge in [0.25, 0.3) is 0 Å². The summed E-state index contributed by atoms with van der Waals surface area (Å²) in [6.45, 7) is 5.98. The first-order valence-electron chi connectivity index (χ1n) is 6.22. The summed E-state index contributed by atoms with van der Waals surface area (Å²) in [7, 11) is 1.73. The maximum atomic E-state index is 11.9. The van der Waals surface area contributed by atoms with Crippen LogP contribution >= 0.6 is 0 Å². The maximum absolute atomic E-state index is 11.9. The Bertz CT molecular complexity index is 255. The summed E-state index contributed by atoms with van der Waals surface area (Å²) >= 11 is 0. The van der Waals surface area contributed by atoms with Gasteiger partial charge in [-0.1, -0.05) is 0 Å². The third-order valence-electron chi connectivity index (χ3n) is 3.04. The number of rotatable bonds is 4. The number of piperidine rings is 1. The minimum atomic E-state index is -0.839. The Labute approximate surface area is 104 Å². The third kappa shape index (κ3) is 5.48. The molecule has 1 aliphatic rings. The summed E-state index contributed by atoms with van der Waals surface area (Å²) in [6, 6.07) is 0.287. The molecule has 1 amide bonds. The van der Waals surface area contributed by atoms with Crippen molar-refractivity contribution in [3.05, 3.63) is 0 Å². The Morgan fingerprint density at radius 3 is 2.47 bits per heavy atom. The zero-order chi connectivity index (χ0) is 13.1. The molecule has 0 bridgehead atoms. The van der Waals surface area contributed by atoms with Crippen LogP contribution in [0.1, 0.15) is 26.7 Å². The number of hydrogen-bond donors (Lipinski definition) is 2. The predicted octanol–water partition coefficient (Wildman–Crippen LogP) is -0.361. The van der Waals surface area contributed by atoms with E-state index in [-0.39, 0.29) is 11.9 Å². The molecule has 5 nitrogen and oxygen atoms in total. The van der Waals surface area contributed by atoms with Gasteiger partial charge >= 0.3 is 0 Å². The van der Waals surface area contributed by atoms with Crippen molar-refractivity contribution in [2.24, 2.45) is 5.73 Å². The van der Waals surface area contributed by atoms with Gasteiger partial charge in [0.15, 0.2) is 0 Å². The maximum Gasteiger partial charge on any atom is 0.236 e. The van der Waals surface area contributed by atoms with E-state index >= 15 is 0 Å². The lowest BCUT2D eigenvalue weighted by Gasteiger charge is -2.32. The van der Waals surface area contributed by atoms with Crippen LogP contribution in [0.25, 0.3) is 0 Å². The Kier molecular flexibility index (Phi) is 4.91. The van der Waals surface area contributed by atoms with E-state index in [1.165, 1.54) is 0 Å². The average Bonchev–Trinajstić information content (AvgIpc) is 2.19. The second kappa shape index (κ2) is 5.80. The summed E-state index contributed by atoms with van der Waals surface area (Å²) in [6.07, 6.45) is 1.92. The molecule has 1 rings (SSSR count). The molecule has 100 valence electrons. The van der Waals surface area contributed by atoms with Crippen molar-refractivity contribution in [1.29, 1.82) is 0 Å². The highest BCUT2D eigenvalue weighted by molar-refractivity contribution is 5.78. The van der Waals surface area contributed by atoms with Crippen LogP contribution in [0.4, 0.5) is 0 Å². The number of nitrogens with zero attached hydrogens (tertiary/aromatic N) is 2. The summed E-state index contributed by atoms with van der Waals surface area (Å²) < 4.78 is 0. The van der Waals surface area contributed by atoms with E-state index in [1.54, 1.807) is 25.8 Å². The molecule has 3 N–H and O–H groups in total. The van der Waals surface area contributed by atoms with Gasteiger partial charge in [0.2, 0.25) is 5.91 Å². The van der Waals surface area contributed by atoms with Crippen LogP contribution in [0.15, 0.2) is 0 Å². The second-order valence-corrected chi connectivity index (χ2v) is 5.68. The highest BCUT2D eigenvalue weighted by Crippen LogP contribution is 2.09. The average molecular weight is 243 g/mol. The number of carbonyl (C=O) groups is 1. The van der Waals surface area contributed by atoms with Crippen LogP contribution in [-0.2, 0) is 4.79 Å². The topological polar surface area (TPSA) is 69.8 Å². The lowest BCUT2D eigenvalue weighted by atomic mass is 10.1. The first-order chi connectivity index (χ1) is 7.78. The van der Waals surface area contributed by atoms with E-state index < -0.39 is 5.60 Å². The van der Waals surface area contributed by atoms with Crippen LogP contribution in [-0.4, -0.2) is 65.7 Å². The molecule has 1 heterocycles. The lowest BCUT2D eigenvalue weighted by molar-refractivity contribution is -0.134. The van der Waals surface area contributed by atoms with Crippen LogP contribution in [0.3, 0.4) is 0 Å². The van der Waals surface area contributed by atoms with E-state index in [0.717, 1.165) is 25.9 Å². The first kappa shape index (κ1) is 14.4. The molecule has 0 aromatic rings. The third-order valence-corrected chi connectivity index (χ3v) is 3.04. The van der Waals surface area contributed by atoms with E-state index in [0.29, 0.717) is 13.1 Å². The summed E-state index contributed by atoms with van der Waals surface area (Å²) in [4.78, 5) is 15.6. The normalized spacial score (nSPS) is 19.4. The molecule has 5 heteroatoms. The number of hydrogen-bond acceptors (Lipinski definition) is 4. The van der Waals surface area contributed by atoms with E-state index in [2.05, 4.69) is 4.90 Å². The molecule has 0 unspecified atom stereocenters. The number of likely N-dealkylation sites (tertiary alicyclic amines) is 1. The first-order valence-corrected chi connectivity index (χ1v) is 6.22. The number of likely N-dealkylation sites (N-methyl/N-ethyl adjacent to an activating group) is 1. The van der Waals surface area contributed by atoms with Gasteiger partial charge in [-0.3, -0.25) is 9.69 Å². The quantitative estimate of drug-likeness (QED) is 0.707. The molecule has 0 aromatic carbocycles. The lowest BCUT2D eigenvalue weighted by Crippen LogP contribution is -2.47. The van der Waals surface area contributed by atoms with Gasteiger partial charge in [-0.2, -0.15) is 0 Å². The molecule has 0 radical (unpaired) electrons. The van der Waals surface area contributed by atoms with Crippen molar-refractivity contribution in [3.8, 4) is 0 Å². The highest BCUT2D eigenvalue weighted by atomic mass is 16.3. The smallest absolute Gasteiger partial charge is 0.236 e. The number of amides is 1. The van der Waals surface area contributed by atoms with Gasteiger partial charge in [0.05, 0.1) is 12.1 Å². The van der Waals surface area contributed by atoms with Crippen LogP contribution < -0.4 is 5.73 Å².